The summed E-state index contributed by atoms with van der Waals surface area (Å²) >= 11 is 0. The highest BCUT2D eigenvalue weighted by Gasteiger charge is 2.15. The van der Waals surface area contributed by atoms with Gasteiger partial charge in [-0.15, -0.1) is 12.4 Å². The molecule has 1 aromatic carbocycles. The van der Waals surface area contributed by atoms with E-state index in [1.165, 1.54) is 6.07 Å². The highest BCUT2D eigenvalue weighted by Crippen LogP contribution is 2.23. The van der Waals surface area contributed by atoms with Gasteiger partial charge in [0.2, 0.25) is 0 Å². The Labute approximate surface area is 108 Å². The van der Waals surface area contributed by atoms with Gasteiger partial charge in [0, 0.05) is 0 Å². The normalized spacial score (nSPS) is 16.4. The SMILES string of the molecule is COc1ccc(F)c(CC2CCNCC2)c1.Cl. The third-order valence-corrected chi connectivity index (χ3v) is 3.22. The lowest BCUT2D eigenvalue weighted by Gasteiger charge is -2.22. The molecule has 1 aliphatic rings. The molecule has 0 aliphatic carbocycles. The maximum absolute atomic E-state index is 13.6. The zero-order chi connectivity index (χ0) is 11.4. The Hall–Kier alpha value is -0.800. The lowest BCUT2D eigenvalue weighted by Crippen LogP contribution is -2.28. The van der Waals surface area contributed by atoms with Crippen molar-refractivity contribution in [3.63, 3.8) is 0 Å². The van der Waals surface area contributed by atoms with Gasteiger partial charge in [0.25, 0.3) is 0 Å². The van der Waals surface area contributed by atoms with Crippen molar-refractivity contribution in [3.05, 3.63) is 29.6 Å². The van der Waals surface area contributed by atoms with Crippen molar-refractivity contribution in [1.82, 2.24) is 5.32 Å². The second kappa shape index (κ2) is 6.82. The predicted octanol–water partition coefficient (Wildman–Crippen LogP) is 2.80. The second-order valence-corrected chi connectivity index (χ2v) is 4.35. The first-order chi connectivity index (χ1) is 7.79. The lowest BCUT2D eigenvalue weighted by atomic mass is 9.91. The van der Waals surface area contributed by atoms with Crippen LogP contribution >= 0.6 is 12.4 Å². The van der Waals surface area contributed by atoms with E-state index in [9.17, 15) is 4.39 Å². The maximum Gasteiger partial charge on any atom is 0.126 e. The fourth-order valence-corrected chi connectivity index (χ4v) is 2.23. The molecule has 0 saturated carbocycles. The third kappa shape index (κ3) is 3.86. The highest BCUT2D eigenvalue weighted by molar-refractivity contribution is 5.85. The van der Waals surface area contributed by atoms with Gasteiger partial charge in [0.1, 0.15) is 11.6 Å². The Balaban J connectivity index is 0.00000144. The summed E-state index contributed by atoms with van der Waals surface area (Å²) in [4.78, 5) is 0. The van der Waals surface area contributed by atoms with Crippen LogP contribution in [-0.4, -0.2) is 20.2 Å². The number of piperidine rings is 1. The smallest absolute Gasteiger partial charge is 0.126 e. The van der Waals surface area contributed by atoms with Crippen LogP contribution in [0.1, 0.15) is 18.4 Å². The summed E-state index contributed by atoms with van der Waals surface area (Å²) < 4.78 is 18.7. The quantitative estimate of drug-likeness (QED) is 0.901. The Morgan fingerprint density at radius 3 is 2.71 bits per heavy atom. The largest absolute Gasteiger partial charge is 0.497 e. The number of hydrogen-bond acceptors (Lipinski definition) is 2. The third-order valence-electron chi connectivity index (χ3n) is 3.22. The number of ether oxygens (including phenoxy) is 1. The van der Waals surface area contributed by atoms with Crippen LogP contribution in [0.2, 0.25) is 0 Å². The topological polar surface area (TPSA) is 21.3 Å². The number of hydrogen-bond donors (Lipinski definition) is 1. The van der Waals surface area contributed by atoms with Crippen LogP contribution in [0.4, 0.5) is 4.39 Å². The van der Waals surface area contributed by atoms with Crippen molar-refractivity contribution in [1.29, 1.82) is 0 Å². The zero-order valence-electron chi connectivity index (χ0n) is 10.0. The molecule has 1 saturated heterocycles. The van der Waals surface area contributed by atoms with Crippen LogP contribution in [-0.2, 0) is 6.42 Å². The lowest BCUT2D eigenvalue weighted by molar-refractivity contribution is 0.366. The molecule has 96 valence electrons. The van der Waals surface area contributed by atoms with Gasteiger partial charge in [-0.1, -0.05) is 0 Å². The van der Waals surface area contributed by atoms with Crippen molar-refractivity contribution in [3.8, 4) is 5.75 Å². The minimum Gasteiger partial charge on any atom is -0.497 e. The molecule has 1 aromatic rings. The van der Waals surface area contributed by atoms with E-state index in [0.29, 0.717) is 5.92 Å². The number of nitrogens with one attached hydrogen (secondary N) is 1. The maximum atomic E-state index is 13.6. The number of benzene rings is 1. The van der Waals surface area contributed by atoms with Gasteiger partial charge in [-0.25, -0.2) is 4.39 Å². The van der Waals surface area contributed by atoms with E-state index in [1.54, 1.807) is 13.2 Å². The first-order valence-corrected chi connectivity index (χ1v) is 5.82. The van der Waals surface area contributed by atoms with Gasteiger partial charge in [-0.2, -0.15) is 0 Å². The van der Waals surface area contributed by atoms with Gasteiger partial charge in [-0.3, -0.25) is 0 Å². The van der Waals surface area contributed by atoms with Crippen molar-refractivity contribution in [2.45, 2.75) is 19.3 Å². The Bertz CT molecular complexity index is 353. The average Bonchev–Trinajstić information content (AvgIpc) is 2.33. The molecule has 0 aromatic heterocycles. The van der Waals surface area contributed by atoms with E-state index in [0.717, 1.165) is 43.7 Å². The van der Waals surface area contributed by atoms with Crippen molar-refractivity contribution in [2.24, 2.45) is 5.92 Å². The van der Waals surface area contributed by atoms with Crippen molar-refractivity contribution >= 4 is 12.4 Å². The fourth-order valence-electron chi connectivity index (χ4n) is 2.23. The van der Waals surface area contributed by atoms with E-state index in [1.807, 2.05) is 6.07 Å². The van der Waals surface area contributed by atoms with Gasteiger partial charge in [-0.05, 0) is 62.0 Å². The highest BCUT2D eigenvalue weighted by atomic mass is 35.5. The van der Waals surface area contributed by atoms with Crippen molar-refractivity contribution in [2.75, 3.05) is 20.2 Å². The van der Waals surface area contributed by atoms with Crippen LogP contribution in [0.3, 0.4) is 0 Å². The summed E-state index contributed by atoms with van der Waals surface area (Å²) in [6, 6.07) is 4.98. The Morgan fingerprint density at radius 2 is 2.06 bits per heavy atom. The molecule has 17 heavy (non-hydrogen) atoms. The summed E-state index contributed by atoms with van der Waals surface area (Å²) in [6.45, 7) is 2.10. The van der Waals surface area contributed by atoms with E-state index in [2.05, 4.69) is 5.32 Å². The van der Waals surface area contributed by atoms with E-state index >= 15 is 0 Å². The molecule has 1 aliphatic heterocycles. The number of methoxy groups -OCH3 is 1. The van der Waals surface area contributed by atoms with Gasteiger partial charge >= 0.3 is 0 Å². The van der Waals surface area contributed by atoms with Gasteiger partial charge < -0.3 is 10.1 Å². The Morgan fingerprint density at radius 1 is 1.35 bits per heavy atom. The molecular weight excluding hydrogens is 241 g/mol. The molecule has 2 nitrogen and oxygen atoms in total. The molecule has 1 heterocycles. The molecule has 4 heteroatoms. The minimum atomic E-state index is -0.112. The molecule has 0 atom stereocenters. The fraction of sp³-hybridized carbons (Fsp3) is 0.538. The first-order valence-electron chi connectivity index (χ1n) is 5.82. The molecule has 0 bridgehead atoms. The molecule has 0 amide bonds. The molecule has 0 spiro atoms. The minimum absolute atomic E-state index is 0. The van der Waals surface area contributed by atoms with Crippen LogP contribution < -0.4 is 10.1 Å². The molecule has 1 fully saturated rings. The molecule has 2 rings (SSSR count). The van der Waals surface area contributed by atoms with E-state index < -0.39 is 0 Å². The molecular formula is C13H19ClFNO. The summed E-state index contributed by atoms with van der Waals surface area (Å²) in [5.74, 6) is 1.23. The first kappa shape index (κ1) is 14.3. The summed E-state index contributed by atoms with van der Waals surface area (Å²) in [7, 11) is 1.61. The molecule has 0 unspecified atom stereocenters. The number of rotatable bonds is 3. The average molecular weight is 260 g/mol. The van der Waals surface area contributed by atoms with Crippen molar-refractivity contribution < 1.29 is 9.13 Å². The number of halogens is 2. The van der Waals surface area contributed by atoms with Crippen LogP contribution in [0.5, 0.6) is 5.75 Å². The van der Waals surface area contributed by atoms with Gasteiger partial charge in [0.15, 0.2) is 0 Å². The van der Waals surface area contributed by atoms with E-state index in [4.69, 9.17) is 4.74 Å². The van der Waals surface area contributed by atoms with Crippen LogP contribution in [0.15, 0.2) is 18.2 Å². The zero-order valence-corrected chi connectivity index (χ0v) is 10.9. The van der Waals surface area contributed by atoms with Gasteiger partial charge in [0.05, 0.1) is 7.11 Å². The summed E-state index contributed by atoms with van der Waals surface area (Å²) in [5, 5.41) is 3.32. The second-order valence-electron chi connectivity index (χ2n) is 4.35. The standard InChI is InChI=1S/C13H18FNO.ClH/c1-16-12-2-3-13(14)11(9-12)8-10-4-6-15-7-5-10;/h2-3,9-10,15H,4-8H2,1H3;1H. The van der Waals surface area contributed by atoms with Crippen LogP contribution in [0.25, 0.3) is 0 Å². The summed E-state index contributed by atoms with van der Waals surface area (Å²) in [5.41, 5.74) is 0.784. The Kier molecular flexibility index (Phi) is 5.72. The summed E-state index contributed by atoms with van der Waals surface area (Å²) in [6.07, 6.45) is 3.10. The van der Waals surface area contributed by atoms with Crippen LogP contribution in [0, 0.1) is 11.7 Å². The predicted molar refractivity (Wildman–Crippen MR) is 69.5 cm³/mol. The molecule has 1 N–H and O–H groups in total. The monoisotopic (exact) mass is 259 g/mol. The van der Waals surface area contributed by atoms with E-state index in [-0.39, 0.29) is 18.2 Å². The molecule has 0 radical (unpaired) electrons.